The van der Waals surface area contributed by atoms with Gasteiger partial charge in [0.15, 0.2) is 5.82 Å². The summed E-state index contributed by atoms with van der Waals surface area (Å²) in [4.78, 5) is 19.8. The summed E-state index contributed by atoms with van der Waals surface area (Å²) >= 11 is 0. The highest BCUT2D eigenvalue weighted by Gasteiger charge is 2.27. The van der Waals surface area contributed by atoms with Gasteiger partial charge in [0.1, 0.15) is 0 Å². The highest BCUT2D eigenvalue weighted by Crippen LogP contribution is 2.20. The lowest BCUT2D eigenvalue weighted by atomic mass is 10.0. The number of imidazole rings is 1. The summed E-state index contributed by atoms with van der Waals surface area (Å²) in [7, 11) is 0. The lowest BCUT2D eigenvalue weighted by molar-refractivity contribution is 0.0942. The number of hydrogen-bond donors (Lipinski definition) is 2. The zero-order chi connectivity index (χ0) is 11.0. The molecule has 1 aromatic heterocycles. The molecule has 2 heterocycles. The Hall–Kier alpha value is -1.16. The maximum Gasteiger partial charge on any atom is 0.214 e. The third-order valence-electron chi connectivity index (χ3n) is 3.56. The van der Waals surface area contributed by atoms with E-state index in [-0.39, 0.29) is 11.8 Å². The van der Waals surface area contributed by atoms with Gasteiger partial charge in [-0.25, -0.2) is 4.98 Å². The predicted molar refractivity (Wildman–Crippen MR) is 60.6 cm³/mol. The Morgan fingerprint density at radius 2 is 2.12 bits per heavy atom. The molecule has 1 aliphatic heterocycles. The number of H-pyrrole nitrogens is 1. The number of fused-ring (bicyclic) bond motifs is 1. The third kappa shape index (κ3) is 1.67. The van der Waals surface area contributed by atoms with Crippen LogP contribution in [0, 0.1) is 0 Å². The summed E-state index contributed by atoms with van der Waals surface area (Å²) in [6, 6.07) is -0.00685. The number of aromatic nitrogens is 2. The Morgan fingerprint density at radius 3 is 2.88 bits per heavy atom. The van der Waals surface area contributed by atoms with Crippen molar-refractivity contribution in [2.45, 2.75) is 44.6 Å². The van der Waals surface area contributed by atoms with Crippen molar-refractivity contribution in [1.82, 2.24) is 15.3 Å². The molecule has 0 aromatic carbocycles. The molecule has 1 fully saturated rings. The smallest absolute Gasteiger partial charge is 0.214 e. The van der Waals surface area contributed by atoms with Crippen molar-refractivity contribution in [3.8, 4) is 0 Å². The maximum absolute atomic E-state index is 12.1. The van der Waals surface area contributed by atoms with Crippen LogP contribution in [0.4, 0.5) is 0 Å². The van der Waals surface area contributed by atoms with Crippen molar-refractivity contribution in [2.75, 3.05) is 6.54 Å². The average molecular weight is 219 g/mol. The number of Topliss-reactive ketones (excluding diaryl/α,β-unsaturated/α-hetero) is 1. The van der Waals surface area contributed by atoms with Crippen LogP contribution >= 0.6 is 0 Å². The molecule has 16 heavy (non-hydrogen) atoms. The normalized spacial score (nSPS) is 24.4. The largest absolute Gasteiger partial charge is 0.339 e. The molecule has 3 rings (SSSR count). The first-order valence-corrected chi connectivity index (χ1v) is 6.20. The molecule has 4 heteroatoms. The minimum absolute atomic E-state index is 0.00685. The minimum atomic E-state index is -0.00685. The van der Waals surface area contributed by atoms with Crippen molar-refractivity contribution >= 4 is 5.78 Å². The molecule has 1 saturated heterocycles. The van der Waals surface area contributed by atoms with E-state index < -0.39 is 0 Å². The van der Waals surface area contributed by atoms with Crippen LogP contribution in [-0.2, 0) is 12.8 Å². The summed E-state index contributed by atoms with van der Waals surface area (Å²) in [5.41, 5.74) is 2.31. The fourth-order valence-electron chi connectivity index (χ4n) is 2.64. The van der Waals surface area contributed by atoms with Gasteiger partial charge in [0, 0.05) is 5.69 Å². The topological polar surface area (TPSA) is 57.8 Å². The highest BCUT2D eigenvalue weighted by molar-refractivity contribution is 5.97. The first-order chi connectivity index (χ1) is 7.84. The van der Waals surface area contributed by atoms with Crippen LogP contribution in [0.2, 0.25) is 0 Å². The number of carbonyl (C=O) groups excluding carboxylic acids is 1. The minimum Gasteiger partial charge on any atom is -0.339 e. The van der Waals surface area contributed by atoms with Crippen LogP contribution < -0.4 is 5.32 Å². The molecule has 1 atom stereocenters. The monoisotopic (exact) mass is 219 g/mol. The molecule has 2 N–H and O–H groups in total. The lowest BCUT2D eigenvalue weighted by Gasteiger charge is -2.07. The first-order valence-electron chi connectivity index (χ1n) is 6.20. The predicted octanol–water partition coefficient (Wildman–Crippen LogP) is 1.22. The number of hydrogen-bond acceptors (Lipinski definition) is 3. The molecule has 2 aliphatic rings. The van der Waals surface area contributed by atoms with Crippen LogP contribution in [0.5, 0.6) is 0 Å². The number of nitrogens with one attached hydrogen (secondary N) is 2. The van der Waals surface area contributed by atoms with Gasteiger partial charge in [-0.15, -0.1) is 0 Å². The quantitative estimate of drug-likeness (QED) is 0.735. The third-order valence-corrected chi connectivity index (χ3v) is 3.56. The van der Waals surface area contributed by atoms with Gasteiger partial charge in [-0.1, -0.05) is 0 Å². The van der Waals surface area contributed by atoms with Crippen LogP contribution in [0.3, 0.4) is 0 Å². The zero-order valence-corrected chi connectivity index (χ0v) is 9.38. The Morgan fingerprint density at radius 1 is 1.25 bits per heavy atom. The molecule has 0 bridgehead atoms. The first kappa shape index (κ1) is 10.0. The van der Waals surface area contributed by atoms with Crippen molar-refractivity contribution in [1.29, 1.82) is 0 Å². The zero-order valence-electron chi connectivity index (χ0n) is 9.38. The van der Waals surface area contributed by atoms with E-state index in [1.807, 2.05) is 0 Å². The average Bonchev–Trinajstić information content (AvgIpc) is 2.97. The van der Waals surface area contributed by atoms with Gasteiger partial charge in [-0.3, -0.25) is 4.79 Å². The summed E-state index contributed by atoms with van der Waals surface area (Å²) < 4.78 is 0. The fourth-order valence-corrected chi connectivity index (χ4v) is 2.64. The molecule has 0 saturated carbocycles. The number of nitrogens with zero attached hydrogens (tertiary/aromatic N) is 1. The van der Waals surface area contributed by atoms with E-state index in [2.05, 4.69) is 15.3 Å². The molecule has 0 amide bonds. The van der Waals surface area contributed by atoms with E-state index in [4.69, 9.17) is 0 Å². The number of ketones is 1. The van der Waals surface area contributed by atoms with Crippen molar-refractivity contribution in [2.24, 2.45) is 0 Å². The van der Waals surface area contributed by atoms with Gasteiger partial charge in [0.2, 0.25) is 5.78 Å². The number of aryl methyl sites for hydroxylation is 2. The molecule has 0 unspecified atom stereocenters. The van der Waals surface area contributed by atoms with E-state index in [9.17, 15) is 4.79 Å². The molecular weight excluding hydrogens is 202 g/mol. The van der Waals surface area contributed by atoms with E-state index in [1.165, 1.54) is 18.5 Å². The second kappa shape index (κ2) is 4.01. The van der Waals surface area contributed by atoms with Gasteiger partial charge in [0.05, 0.1) is 11.7 Å². The van der Waals surface area contributed by atoms with E-state index in [1.54, 1.807) is 0 Å². The van der Waals surface area contributed by atoms with E-state index in [0.29, 0.717) is 5.82 Å². The molecule has 0 spiro atoms. The Labute approximate surface area is 94.8 Å². The lowest BCUT2D eigenvalue weighted by Crippen LogP contribution is -2.31. The summed E-state index contributed by atoms with van der Waals surface area (Å²) in [5, 5.41) is 3.23. The Kier molecular flexibility index (Phi) is 2.52. The van der Waals surface area contributed by atoms with E-state index in [0.717, 1.165) is 37.9 Å². The van der Waals surface area contributed by atoms with Gasteiger partial charge in [-0.2, -0.15) is 0 Å². The summed E-state index contributed by atoms with van der Waals surface area (Å²) in [6.45, 7) is 0.955. The molecule has 1 aliphatic carbocycles. The van der Waals surface area contributed by atoms with Crippen LogP contribution in [-0.4, -0.2) is 28.3 Å². The maximum atomic E-state index is 12.1. The van der Waals surface area contributed by atoms with Gasteiger partial charge in [-0.05, 0) is 45.1 Å². The van der Waals surface area contributed by atoms with Crippen molar-refractivity contribution in [3.05, 3.63) is 17.2 Å². The van der Waals surface area contributed by atoms with Gasteiger partial charge in [0.25, 0.3) is 0 Å². The van der Waals surface area contributed by atoms with Crippen molar-refractivity contribution < 1.29 is 4.79 Å². The Bertz CT molecular complexity index is 381. The SMILES string of the molecule is O=C(c1nc2c([nH]1)CCCC2)[C@@H]1CCCN1. The fraction of sp³-hybridized carbons (Fsp3) is 0.667. The molecule has 4 nitrogen and oxygen atoms in total. The van der Waals surface area contributed by atoms with Crippen LogP contribution in [0.15, 0.2) is 0 Å². The van der Waals surface area contributed by atoms with Crippen LogP contribution in [0.25, 0.3) is 0 Å². The number of aromatic amines is 1. The van der Waals surface area contributed by atoms with Gasteiger partial charge < -0.3 is 10.3 Å². The second-order valence-corrected chi connectivity index (χ2v) is 4.73. The molecule has 86 valence electrons. The van der Waals surface area contributed by atoms with E-state index >= 15 is 0 Å². The van der Waals surface area contributed by atoms with Gasteiger partial charge >= 0.3 is 0 Å². The number of rotatable bonds is 2. The highest BCUT2D eigenvalue weighted by atomic mass is 16.1. The Balaban J connectivity index is 1.83. The summed E-state index contributed by atoms with van der Waals surface area (Å²) in [5.74, 6) is 0.721. The molecular formula is C12H17N3O. The van der Waals surface area contributed by atoms with Crippen LogP contribution in [0.1, 0.15) is 47.7 Å². The number of carbonyl (C=O) groups is 1. The van der Waals surface area contributed by atoms with Crippen molar-refractivity contribution in [3.63, 3.8) is 0 Å². The second-order valence-electron chi connectivity index (χ2n) is 4.73. The summed E-state index contributed by atoms with van der Waals surface area (Å²) in [6.07, 6.45) is 6.53. The molecule has 0 radical (unpaired) electrons. The molecule has 1 aromatic rings. The standard InChI is InChI=1S/C12H17N3O/c16-11(10-6-3-7-13-10)12-14-8-4-1-2-5-9(8)15-12/h10,13H,1-7H2,(H,14,15)/t10-/m0/s1.